The molecule has 1 fully saturated rings. The molecule has 0 aliphatic carbocycles. The number of hydrogen-bond acceptors (Lipinski definition) is 6. The summed E-state index contributed by atoms with van der Waals surface area (Å²) in [6.07, 6.45) is 0.750. The highest BCUT2D eigenvalue weighted by molar-refractivity contribution is 7.92. The predicted molar refractivity (Wildman–Crippen MR) is 156 cm³/mol. The van der Waals surface area contributed by atoms with Gasteiger partial charge in [0.05, 0.1) is 35.1 Å². The van der Waals surface area contributed by atoms with E-state index < -0.39 is 16.1 Å². The Bertz CT molecular complexity index is 1520. The lowest BCUT2D eigenvalue weighted by atomic mass is 9.94. The zero-order valence-corrected chi connectivity index (χ0v) is 24.3. The molecule has 0 spiro atoms. The normalized spacial score (nSPS) is 21.4. The maximum absolute atomic E-state index is 13.5. The number of hydrogen-bond donors (Lipinski definition) is 2. The number of carbonyl (C=O) groups is 2. The zero-order valence-electron chi connectivity index (χ0n) is 22.7. The van der Waals surface area contributed by atoms with Crippen LogP contribution in [0.5, 0.6) is 5.75 Å². The number of carbonyl (C=O) groups excluding carboxylic acids is 2. The van der Waals surface area contributed by atoms with Gasteiger partial charge in [-0.1, -0.05) is 41.9 Å². The average molecular weight is 598 g/mol. The van der Waals surface area contributed by atoms with Crippen LogP contribution in [0.4, 0.5) is 5.69 Å². The van der Waals surface area contributed by atoms with Crippen LogP contribution in [-0.4, -0.2) is 57.0 Å². The summed E-state index contributed by atoms with van der Waals surface area (Å²) in [5.74, 6) is -0.0754. The Morgan fingerprint density at radius 1 is 1.07 bits per heavy atom. The molecular weight excluding hydrogens is 566 g/mol. The molecule has 0 unspecified atom stereocenters. The number of anilines is 1. The van der Waals surface area contributed by atoms with Gasteiger partial charge in [0.2, 0.25) is 5.91 Å². The summed E-state index contributed by atoms with van der Waals surface area (Å²) < 4.78 is 40.5. The van der Waals surface area contributed by atoms with Crippen molar-refractivity contribution in [2.45, 2.75) is 55.4 Å². The van der Waals surface area contributed by atoms with Crippen LogP contribution >= 0.6 is 11.6 Å². The van der Waals surface area contributed by atoms with Crippen molar-refractivity contribution < 1.29 is 27.5 Å². The maximum Gasteiger partial charge on any atom is 0.261 e. The van der Waals surface area contributed by atoms with Crippen molar-refractivity contribution in [1.29, 1.82) is 0 Å². The third-order valence-electron chi connectivity index (χ3n) is 7.48. The summed E-state index contributed by atoms with van der Waals surface area (Å²) in [6, 6.07) is 19.8. The molecule has 2 aliphatic rings. The highest BCUT2D eigenvalue weighted by Gasteiger charge is 2.39. The molecule has 2 N–H and O–H groups in total. The van der Waals surface area contributed by atoms with E-state index in [4.69, 9.17) is 21.1 Å². The topological polar surface area (TPSA) is 114 Å². The summed E-state index contributed by atoms with van der Waals surface area (Å²) in [4.78, 5) is 27.9. The molecule has 2 aliphatic heterocycles. The van der Waals surface area contributed by atoms with Crippen LogP contribution < -0.4 is 14.8 Å². The third-order valence-corrected chi connectivity index (χ3v) is 9.13. The van der Waals surface area contributed by atoms with Gasteiger partial charge in [0.1, 0.15) is 18.5 Å². The first-order chi connectivity index (χ1) is 19.6. The van der Waals surface area contributed by atoms with Crippen LogP contribution in [0.2, 0.25) is 5.02 Å². The number of ether oxygens (including phenoxy) is 2. The van der Waals surface area contributed by atoms with E-state index in [1.807, 2.05) is 37.3 Å². The van der Waals surface area contributed by atoms with Gasteiger partial charge in [0, 0.05) is 17.8 Å². The molecule has 0 aromatic heterocycles. The molecule has 0 radical (unpaired) electrons. The third kappa shape index (κ3) is 6.66. The first-order valence-corrected chi connectivity index (χ1v) is 15.3. The van der Waals surface area contributed by atoms with Crippen LogP contribution in [-0.2, 0) is 19.6 Å². The minimum Gasteiger partial charge on any atom is -0.490 e. The van der Waals surface area contributed by atoms with Gasteiger partial charge < -0.3 is 19.7 Å². The van der Waals surface area contributed by atoms with Crippen LogP contribution in [0.25, 0.3) is 0 Å². The lowest BCUT2D eigenvalue weighted by molar-refractivity contribution is -0.134. The Morgan fingerprint density at radius 3 is 2.54 bits per heavy atom. The summed E-state index contributed by atoms with van der Waals surface area (Å²) in [5, 5.41) is 3.46. The van der Waals surface area contributed by atoms with Gasteiger partial charge in [0.25, 0.3) is 15.9 Å². The fourth-order valence-electron chi connectivity index (χ4n) is 5.25. The Hall–Kier alpha value is -3.60. The van der Waals surface area contributed by atoms with Crippen molar-refractivity contribution in [3.63, 3.8) is 0 Å². The molecule has 11 heteroatoms. The summed E-state index contributed by atoms with van der Waals surface area (Å²) in [6.45, 7) is 2.13. The van der Waals surface area contributed by atoms with Crippen molar-refractivity contribution >= 4 is 39.1 Å². The van der Waals surface area contributed by atoms with E-state index in [9.17, 15) is 18.0 Å². The van der Waals surface area contributed by atoms with Gasteiger partial charge >= 0.3 is 0 Å². The molecule has 1 saturated heterocycles. The highest BCUT2D eigenvalue weighted by Crippen LogP contribution is 2.33. The lowest BCUT2D eigenvalue weighted by Crippen LogP contribution is -2.54. The number of nitrogens with one attached hydrogen (secondary N) is 2. The number of nitrogens with zero attached hydrogens (tertiary/aromatic N) is 1. The van der Waals surface area contributed by atoms with E-state index in [-0.39, 0.29) is 59.2 Å². The molecule has 9 nitrogen and oxygen atoms in total. The molecule has 3 aromatic carbocycles. The smallest absolute Gasteiger partial charge is 0.261 e. The summed E-state index contributed by atoms with van der Waals surface area (Å²) >= 11 is 5.88. The van der Waals surface area contributed by atoms with Gasteiger partial charge in [0.15, 0.2) is 0 Å². The first kappa shape index (κ1) is 28.9. The van der Waals surface area contributed by atoms with Crippen LogP contribution in [0.15, 0.2) is 77.7 Å². The van der Waals surface area contributed by atoms with Crippen LogP contribution in [0.3, 0.4) is 0 Å². The number of rotatable bonds is 7. The van der Waals surface area contributed by atoms with Gasteiger partial charge in [-0.2, -0.15) is 0 Å². The number of halogens is 1. The number of amides is 2. The Morgan fingerprint density at radius 2 is 1.80 bits per heavy atom. The van der Waals surface area contributed by atoms with Gasteiger partial charge in [-0.05, 0) is 67.8 Å². The number of benzene rings is 3. The zero-order chi connectivity index (χ0) is 29.1. The molecule has 4 atom stereocenters. The molecule has 2 amide bonds. The fraction of sp³-hybridized carbons (Fsp3) is 0.333. The van der Waals surface area contributed by atoms with Crippen molar-refractivity contribution in [3.05, 3.63) is 88.9 Å². The Labute approximate surface area is 244 Å². The SMILES string of the molecule is C[C@H](NC(=O)C[C@H]1CC[C@H]2[C@H](COc3ccc(NS(=O)(=O)c4ccc(Cl)cc4)cc3C(=O)N2C)O1)c1ccccc1. The Kier molecular flexibility index (Phi) is 8.53. The second kappa shape index (κ2) is 12.1. The lowest BCUT2D eigenvalue weighted by Gasteiger charge is -2.42. The van der Waals surface area contributed by atoms with Crippen molar-refractivity contribution in [1.82, 2.24) is 10.2 Å². The number of likely N-dealkylation sites (N-methyl/N-ethyl adjacent to an activating group) is 1. The molecule has 2 heterocycles. The summed E-state index contributed by atoms with van der Waals surface area (Å²) in [7, 11) is -2.18. The maximum atomic E-state index is 13.5. The number of fused-ring (bicyclic) bond motifs is 2. The minimum atomic E-state index is -3.89. The Balaban J connectivity index is 1.25. The molecule has 5 rings (SSSR count). The molecule has 0 bridgehead atoms. The highest BCUT2D eigenvalue weighted by atomic mass is 35.5. The van der Waals surface area contributed by atoms with Crippen molar-refractivity contribution in [3.8, 4) is 5.75 Å². The summed E-state index contributed by atoms with van der Waals surface area (Å²) in [5.41, 5.74) is 1.51. The van der Waals surface area contributed by atoms with Crippen molar-refractivity contribution in [2.24, 2.45) is 0 Å². The van der Waals surface area contributed by atoms with Gasteiger partial charge in [-0.15, -0.1) is 0 Å². The largest absolute Gasteiger partial charge is 0.490 e. The average Bonchev–Trinajstić information content (AvgIpc) is 2.95. The van der Waals surface area contributed by atoms with E-state index in [2.05, 4.69) is 10.0 Å². The number of sulfonamides is 1. The van der Waals surface area contributed by atoms with Crippen LogP contribution in [0, 0.1) is 0 Å². The standard InChI is InChI=1S/C30H32ClN3O6S/c1-19(20-6-4-3-5-7-20)32-29(35)17-23-11-14-26-28(40-23)18-39-27-15-10-22(16-25(27)30(36)34(26)2)33-41(37,38)24-12-8-21(31)9-13-24/h3-10,12-13,15-16,19,23,26,28,33H,11,14,17-18H2,1-2H3,(H,32,35)/t19-,23+,26-,28-/m0/s1. The van der Waals surface area contributed by atoms with Gasteiger partial charge in [-0.3, -0.25) is 14.3 Å². The molecular formula is C30H32ClN3O6S. The van der Waals surface area contributed by atoms with E-state index >= 15 is 0 Å². The van der Waals surface area contributed by atoms with E-state index in [1.165, 1.54) is 30.3 Å². The van der Waals surface area contributed by atoms with E-state index in [0.29, 0.717) is 23.6 Å². The van der Waals surface area contributed by atoms with E-state index in [1.54, 1.807) is 24.1 Å². The first-order valence-electron chi connectivity index (χ1n) is 13.4. The van der Waals surface area contributed by atoms with Crippen molar-refractivity contribution in [2.75, 3.05) is 18.4 Å². The second-order valence-electron chi connectivity index (χ2n) is 10.3. The molecule has 41 heavy (non-hydrogen) atoms. The van der Waals surface area contributed by atoms with Gasteiger partial charge in [-0.25, -0.2) is 8.42 Å². The van der Waals surface area contributed by atoms with Crippen LogP contribution in [0.1, 0.15) is 48.1 Å². The molecule has 3 aromatic rings. The minimum absolute atomic E-state index is 0.0493. The van der Waals surface area contributed by atoms with E-state index in [0.717, 1.165) is 5.56 Å². The predicted octanol–water partition coefficient (Wildman–Crippen LogP) is 4.79. The fourth-order valence-corrected chi connectivity index (χ4v) is 6.43. The molecule has 216 valence electrons. The quantitative estimate of drug-likeness (QED) is 0.405. The monoisotopic (exact) mass is 597 g/mol. The second-order valence-corrected chi connectivity index (χ2v) is 12.5. The molecule has 0 saturated carbocycles.